The highest BCUT2D eigenvalue weighted by atomic mass is 16.5. The molecule has 0 unspecified atom stereocenters. The van der Waals surface area contributed by atoms with Gasteiger partial charge < -0.3 is 20.3 Å². The highest BCUT2D eigenvalue weighted by molar-refractivity contribution is 5.74. The fourth-order valence-corrected chi connectivity index (χ4v) is 0.885. The van der Waals surface area contributed by atoms with Gasteiger partial charge in [0, 0.05) is 13.2 Å². The van der Waals surface area contributed by atoms with E-state index >= 15 is 0 Å². The van der Waals surface area contributed by atoms with Crippen molar-refractivity contribution in [3.63, 3.8) is 0 Å². The Labute approximate surface area is 84.2 Å². The molecule has 84 valence electrons. The van der Waals surface area contributed by atoms with Crippen LogP contribution in [-0.4, -0.2) is 44.0 Å². The quantitative estimate of drug-likeness (QED) is 0.478. The summed E-state index contributed by atoms with van der Waals surface area (Å²) in [6.45, 7) is 1.73. The molecule has 0 radical (unpaired) electrons. The van der Waals surface area contributed by atoms with E-state index in [0.717, 1.165) is 19.3 Å². The maximum Gasteiger partial charge on any atom is 0.243 e. The van der Waals surface area contributed by atoms with E-state index in [1.165, 1.54) is 0 Å². The molecule has 0 aromatic heterocycles. The molecule has 0 fully saturated rings. The highest BCUT2D eigenvalue weighted by Gasteiger charge is 1.94. The first-order chi connectivity index (χ1) is 6.77. The zero-order chi connectivity index (χ0) is 10.6. The van der Waals surface area contributed by atoms with Crippen molar-refractivity contribution in [2.24, 2.45) is 5.73 Å². The van der Waals surface area contributed by atoms with Gasteiger partial charge in [0.05, 0.1) is 13.2 Å². The average molecular weight is 205 g/mol. The molecule has 3 N–H and O–H groups in total. The van der Waals surface area contributed by atoms with Crippen LogP contribution in [0.25, 0.3) is 0 Å². The molecule has 0 aromatic rings. The monoisotopic (exact) mass is 205 g/mol. The number of aliphatic hydroxyl groups excluding tert-OH is 1. The van der Waals surface area contributed by atoms with Gasteiger partial charge in [-0.25, -0.2) is 0 Å². The molecule has 0 saturated carbocycles. The van der Waals surface area contributed by atoms with Gasteiger partial charge in [0.1, 0.15) is 6.61 Å². The lowest BCUT2D eigenvalue weighted by atomic mass is 10.2. The number of hydrogen-bond donors (Lipinski definition) is 2. The van der Waals surface area contributed by atoms with Gasteiger partial charge in [-0.15, -0.1) is 0 Å². The summed E-state index contributed by atoms with van der Waals surface area (Å²) in [6.07, 6.45) is 2.73. The van der Waals surface area contributed by atoms with Gasteiger partial charge in [0.15, 0.2) is 0 Å². The van der Waals surface area contributed by atoms with E-state index in [1.807, 2.05) is 0 Å². The predicted octanol–water partition coefficient (Wildman–Crippen LogP) is -0.333. The number of primary amides is 1. The Bertz CT molecular complexity index is 141. The van der Waals surface area contributed by atoms with E-state index in [2.05, 4.69) is 0 Å². The fraction of sp³-hybridized carbons (Fsp3) is 0.889. The molecule has 5 nitrogen and oxygen atoms in total. The molecule has 0 rings (SSSR count). The average Bonchev–Trinajstić information content (AvgIpc) is 2.15. The highest BCUT2D eigenvalue weighted by Crippen LogP contribution is 1.94. The zero-order valence-electron chi connectivity index (χ0n) is 8.41. The molecule has 0 saturated heterocycles. The first-order valence-electron chi connectivity index (χ1n) is 4.82. The predicted molar refractivity (Wildman–Crippen MR) is 51.8 cm³/mol. The summed E-state index contributed by atoms with van der Waals surface area (Å²) in [6, 6.07) is 0. The summed E-state index contributed by atoms with van der Waals surface area (Å²) in [4.78, 5) is 10.2. The fourth-order valence-electron chi connectivity index (χ4n) is 0.885. The van der Waals surface area contributed by atoms with Crippen molar-refractivity contribution in [3.05, 3.63) is 0 Å². The second-order valence-corrected chi connectivity index (χ2v) is 2.92. The SMILES string of the molecule is NC(=O)COCCOCCCCCO. The second kappa shape index (κ2) is 10.4. The second-order valence-electron chi connectivity index (χ2n) is 2.92. The number of ether oxygens (including phenoxy) is 2. The van der Waals surface area contributed by atoms with Crippen LogP contribution in [0.4, 0.5) is 0 Å². The van der Waals surface area contributed by atoms with Crippen LogP contribution in [-0.2, 0) is 14.3 Å². The van der Waals surface area contributed by atoms with E-state index in [0.29, 0.717) is 19.8 Å². The Kier molecular flexibility index (Phi) is 9.95. The number of aliphatic hydroxyl groups is 1. The van der Waals surface area contributed by atoms with Crippen LogP contribution in [0.15, 0.2) is 0 Å². The zero-order valence-corrected chi connectivity index (χ0v) is 8.41. The van der Waals surface area contributed by atoms with Gasteiger partial charge in [0.2, 0.25) is 5.91 Å². The third-order valence-electron chi connectivity index (χ3n) is 1.56. The Morgan fingerprint density at radius 3 is 2.43 bits per heavy atom. The van der Waals surface area contributed by atoms with Crippen molar-refractivity contribution < 1.29 is 19.4 Å². The molecule has 14 heavy (non-hydrogen) atoms. The van der Waals surface area contributed by atoms with Gasteiger partial charge in [-0.2, -0.15) is 0 Å². The maximum atomic E-state index is 10.2. The molecule has 0 heterocycles. The minimum Gasteiger partial charge on any atom is -0.396 e. The number of carbonyl (C=O) groups is 1. The maximum absolute atomic E-state index is 10.2. The van der Waals surface area contributed by atoms with Gasteiger partial charge in [0.25, 0.3) is 0 Å². The van der Waals surface area contributed by atoms with Crippen LogP contribution in [0.1, 0.15) is 19.3 Å². The van der Waals surface area contributed by atoms with E-state index in [9.17, 15) is 4.79 Å². The third-order valence-corrected chi connectivity index (χ3v) is 1.56. The smallest absolute Gasteiger partial charge is 0.243 e. The lowest BCUT2D eigenvalue weighted by molar-refractivity contribution is -0.123. The standard InChI is InChI=1S/C9H19NO4/c10-9(12)8-14-7-6-13-5-3-1-2-4-11/h11H,1-8H2,(H2,10,12). The Balaban J connectivity index is 2.88. The minimum atomic E-state index is -0.465. The molecule has 5 heteroatoms. The van der Waals surface area contributed by atoms with Crippen molar-refractivity contribution in [3.8, 4) is 0 Å². The van der Waals surface area contributed by atoms with Crippen LogP contribution in [0.3, 0.4) is 0 Å². The van der Waals surface area contributed by atoms with Gasteiger partial charge in [-0.05, 0) is 19.3 Å². The molecule has 0 aromatic carbocycles. The first-order valence-corrected chi connectivity index (χ1v) is 4.82. The first kappa shape index (κ1) is 13.4. The largest absolute Gasteiger partial charge is 0.396 e. The summed E-state index contributed by atoms with van der Waals surface area (Å²) in [5.41, 5.74) is 4.86. The molecule has 0 bridgehead atoms. The van der Waals surface area contributed by atoms with E-state index in [1.54, 1.807) is 0 Å². The number of carbonyl (C=O) groups excluding carboxylic acids is 1. The van der Waals surface area contributed by atoms with Crippen molar-refractivity contribution >= 4 is 5.91 Å². The lowest BCUT2D eigenvalue weighted by Crippen LogP contribution is -2.19. The normalized spacial score (nSPS) is 10.4. The van der Waals surface area contributed by atoms with Gasteiger partial charge in [-0.3, -0.25) is 4.79 Å². The van der Waals surface area contributed by atoms with E-state index in [4.69, 9.17) is 20.3 Å². The number of amides is 1. The molecule has 1 amide bonds. The van der Waals surface area contributed by atoms with Crippen LogP contribution in [0.2, 0.25) is 0 Å². The number of rotatable bonds is 10. The summed E-state index contributed by atoms with van der Waals surface area (Å²) in [7, 11) is 0. The van der Waals surface area contributed by atoms with Crippen LogP contribution in [0, 0.1) is 0 Å². The summed E-state index contributed by atoms with van der Waals surface area (Å²) in [5, 5.41) is 8.49. The summed E-state index contributed by atoms with van der Waals surface area (Å²) >= 11 is 0. The summed E-state index contributed by atoms with van der Waals surface area (Å²) < 4.78 is 10.1. The number of nitrogens with two attached hydrogens (primary N) is 1. The molecule has 0 aliphatic heterocycles. The van der Waals surface area contributed by atoms with E-state index in [-0.39, 0.29) is 13.2 Å². The van der Waals surface area contributed by atoms with Crippen molar-refractivity contribution in [1.82, 2.24) is 0 Å². The van der Waals surface area contributed by atoms with Crippen molar-refractivity contribution in [2.45, 2.75) is 19.3 Å². The van der Waals surface area contributed by atoms with Crippen LogP contribution >= 0.6 is 0 Å². The van der Waals surface area contributed by atoms with Crippen LogP contribution in [0.5, 0.6) is 0 Å². The Morgan fingerprint density at radius 2 is 1.79 bits per heavy atom. The summed E-state index contributed by atoms with van der Waals surface area (Å²) in [5.74, 6) is -0.465. The van der Waals surface area contributed by atoms with Crippen molar-refractivity contribution in [2.75, 3.05) is 33.0 Å². The Hall–Kier alpha value is -0.650. The molecule has 0 atom stereocenters. The molecule has 0 aliphatic carbocycles. The number of hydrogen-bond acceptors (Lipinski definition) is 4. The molecule has 0 aliphatic rings. The topological polar surface area (TPSA) is 81.8 Å². The molecular weight excluding hydrogens is 186 g/mol. The lowest BCUT2D eigenvalue weighted by Gasteiger charge is -2.03. The van der Waals surface area contributed by atoms with Crippen molar-refractivity contribution in [1.29, 1.82) is 0 Å². The van der Waals surface area contributed by atoms with Crippen LogP contribution < -0.4 is 5.73 Å². The number of unbranched alkanes of at least 4 members (excludes halogenated alkanes) is 2. The molecule has 0 spiro atoms. The van der Waals surface area contributed by atoms with Gasteiger partial charge in [-0.1, -0.05) is 0 Å². The minimum absolute atomic E-state index is 0.0477. The van der Waals surface area contributed by atoms with E-state index < -0.39 is 5.91 Å². The molecular formula is C9H19NO4. The third kappa shape index (κ3) is 11.4. The van der Waals surface area contributed by atoms with Gasteiger partial charge >= 0.3 is 0 Å². The Morgan fingerprint density at radius 1 is 1.07 bits per heavy atom.